The summed E-state index contributed by atoms with van der Waals surface area (Å²) in [4.78, 5) is 7.27. The van der Waals surface area contributed by atoms with Gasteiger partial charge in [0.1, 0.15) is 0 Å². The van der Waals surface area contributed by atoms with Crippen LogP contribution in [-0.4, -0.2) is 14.5 Å². The number of nitrogens with one attached hydrogen (secondary N) is 1. The normalized spacial score (nSPS) is 13.7. The minimum Gasteiger partial charge on any atom is -0.284 e. The maximum absolute atomic E-state index is 11.6. The number of rotatable bonds is 5. The molecular formula is C10H15NO3S. The molecule has 0 bridgehead atoms. The van der Waals surface area contributed by atoms with Crippen molar-refractivity contribution in [1.29, 1.82) is 0 Å². The molecule has 0 fully saturated rings. The Morgan fingerprint density at radius 3 is 2.47 bits per heavy atom. The van der Waals surface area contributed by atoms with E-state index in [1.807, 2.05) is 6.92 Å². The van der Waals surface area contributed by atoms with Crippen LogP contribution in [0.5, 0.6) is 0 Å². The third-order valence-corrected chi connectivity index (χ3v) is 3.20. The average molecular weight is 229 g/mol. The Morgan fingerprint density at radius 1 is 1.33 bits per heavy atom. The number of hydrogen-bond donors (Lipinski definition) is 1. The van der Waals surface area contributed by atoms with Crippen LogP contribution in [0.15, 0.2) is 35.2 Å². The molecule has 5 heteroatoms. The van der Waals surface area contributed by atoms with Gasteiger partial charge < -0.3 is 0 Å². The van der Waals surface area contributed by atoms with Crippen LogP contribution in [0.2, 0.25) is 0 Å². The lowest BCUT2D eigenvalue weighted by Gasteiger charge is -2.11. The lowest BCUT2D eigenvalue weighted by Crippen LogP contribution is -2.28. The predicted octanol–water partition coefficient (Wildman–Crippen LogP) is 1.70. The molecule has 15 heavy (non-hydrogen) atoms. The summed E-state index contributed by atoms with van der Waals surface area (Å²) in [5, 5.41) is 0. The fraction of sp³-hybridized carbons (Fsp3) is 0.400. The van der Waals surface area contributed by atoms with Crippen LogP contribution in [0, 0.1) is 0 Å². The highest BCUT2D eigenvalue weighted by molar-refractivity contribution is 7.89. The van der Waals surface area contributed by atoms with Gasteiger partial charge >= 0.3 is 0 Å². The van der Waals surface area contributed by atoms with Gasteiger partial charge in [0.2, 0.25) is 0 Å². The summed E-state index contributed by atoms with van der Waals surface area (Å²) in [6.45, 7) is 3.72. The van der Waals surface area contributed by atoms with Gasteiger partial charge in [0.05, 0.1) is 11.0 Å². The second-order valence-electron chi connectivity index (χ2n) is 3.24. The van der Waals surface area contributed by atoms with Crippen LogP contribution < -0.4 is 4.89 Å². The molecular weight excluding hydrogens is 214 g/mol. The molecule has 1 aromatic rings. The van der Waals surface area contributed by atoms with Crippen molar-refractivity contribution in [1.82, 2.24) is 4.89 Å². The van der Waals surface area contributed by atoms with Crippen molar-refractivity contribution in [2.45, 2.75) is 31.3 Å². The first-order valence-corrected chi connectivity index (χ1v) is 6.27. The summed E-state index contributed by atoms with van der Waals surface area (Å²) < 4.78 is 23.2. The number of hydrogen-bond acceptors (Lipinski definition) is 3. The SMILES string of the molecule is CCC(C)ONS(=O)(=O)c1ccccc1. The zero-order chi connectivity index (χ0) is 11.3. The van der Waals surface area contributed by atoms with Crippen LogP contribution in [0.4, 0.5) is 0 Å². The van der Waals surface area contributed by atoms with Crippen LogP contribution in [-0.2, 0) is 14.9 Å². The number of benzene rings is 1. The molecule has 0 aromatic heterocycles. The first-order chi connectivity index (χ1) is 7.06. The Hall–Kier alpha value is -0.910. The van der Waals surface area contributed by atoms with Gasteiger partial charge in [-0.1, -0.05) is 30.0 Å². The quantitative estimate of drug-likeness (QED) is 0.782. The molecule has 0 amide bonds. The molecule has 1 aromatic carbocycles. The Bertz CT molecular complexity index is 388. The summed E-state index contributed by atoms with van der Waals surface area (Å²) in [7, 11) is -3.54. The lowest BCUT2D eigenvalue weighted by atomic mass is 10.3. The van der Waals surface area contributed by atoms with Crippen molar-refractivity contribution in [2.75, 3.05) is 0 Å². The fourth-order valence-corrected chi connectivity index (χ4v) is 1.78. The van der Waals surface area contributed by atoms with Crippen LogP contribution >= 0.6 is 0 Å². The molecule has 0 spiro atoms. The van der Waals surface area contributed by atoms with Gasteiger partial charge in [0.25, 0.3) is 10.0 Å². The van der Waals surface area contributed by atoms with Crippen molar-refractivity contribution in [2.24, 2.45) is 0 Å². The Balaban J connectivity index is 2.69. The van der Waals surface area contributed by atoms with E-state index in [9.17, 15) is 8.42 Å². The van der Waals surface area contributed by atoms with Gasteiger partial charge in [0.15, 0.2) is 0 Å². The zero-order valence-electron chi connectivity index (χ0n) is 8.80. The third kappa shape index (κ3) is 3.62. The summed E-state index contributed by atoms with van der Waals surface area (Å²) in [6.07, 6.45) is 0.612. The largest absolute Gasteiger partial charge is 0.284 e. The fourth-order valence-electron chi connectivity index (χ4n) is 0.877. The maximum Gasteiger partial charge on any atom is 0.262 e. The molecule has 1 atom stereocenters. The highest BCUT2D eigenvalue weighted by Crippen LogP contribution is 2.07. The van der Waals surface area contributed by atoms with Gasteiger partial charge in [-0.05, 0) is 25.5 Å². The molecule has 0 aliphatic rings. The smallest absolute Gasteiger partial charge is 0.262 e. The Kier molecular flexibility index (Phi) is 4.26. The summed E-state index contributed by atoms with van der Waals surface area (Å²) in [5.74, 6) is 0. The van der Waals surface area contributed by atoms with Crippen molar-refractivity contribution in [3.63, 3.8) is 0 Å². The van der Waals surface area contributed by atoms with E-state index >= 15 is 0 Å². The Labute approximate surface area is 90.3 Å². The van der Waals surface area contributed by atoms with E-state index in [0.29, 0.717) is 0 Å². The molecule has 0 aliphatic heterocycles. The molecule has 1 unspecified atom stereocenters. The summed E-state index contributed by atoms with van der Waals surface area (Å²) >= 11 is 0. The molecule has 0 aliphatic carbocycles. The molecule has 4 nitrogen and oxygen atoms in total. The molecule has 1 N–H and O–H groups in total. The highest BCUT2D eigenvalue weighted by atomic mass is 32.2. The monoisotopic (exact) mass is 229 g/mol. The molecule has 0 saturated heterocycles. The van der Waals surface area contributed by atoms with Gasteiger partial charge in [-0.2, -0.15) is 0 Å². The standard InChI is InChI=1S/C10H15NO3S/c1-3-9(2)14-11-15(12,13)10-7-5-4-6-8-10/h4-9,11H,3H2,1-2H3. The van der Waals surface area contributed by atoms with Crippen molar-refractivity contribution in [3.05, 3.63) is 30.3 Å². The molecule has 1 rings (SSSR count). The average Bonchev–Trinajstić information content (AvgIpc) is 2.27. The summed E-state index contributed by atoms with van der Waals surface area (Å²) in [6, 6.07) is 8.12. The van der Waals surface area contributed by atoms with Crippen LogP contribution in [0.1, 0.15) is 20.3 Å². The van der Waals surface area contributed by atoms with Gasteiger partial charge in [-0.3, -0.25) is 4.84 Å². The summed E-state index contributed by atoms with van der Waals surface area (Å²) in [5.41, 5.74) is 0. The minimum absolute atomic E-state index is 0.136. The van der Waals surface area contributed by atoms with Gasteiger partial charge in [0, 0.05) is 0 Å². The van der Waals surface area contributed by atoms with Crippen LogP contribution in [0.25, 0.3) is 0 Å². The van der Waals surface area contributed by atoms with Crippen molar-refractivity contribution >= 4 is 10.0 Å². The molecule has 0 heterocycles. The van der Waals surface area contributed by atoms with E-state index in [1.54, 1.807) is 25.1 Å². The van der Waals surface area contributed by atoms with Gasteiger partial charge in [-0.15, -0.1) is 0 Å². The van der Waals surface area contributed by atoms with Gasteiger partial charge in [-0.25, -0.2) is 8.42 Å². The van der Waals surface area contributed by atoms with Crippen molar-refractivity contribution < 1.29 is 13.3 Å². The second-order valence-corrected chi connectivity index (χ2v) is 4.88. The predicted molar refractivity (Wildman–Crippen MR) is 57.6 cm³/mol. The Morgan fingerprint density at radius 2 is 1.93 bits per heavy atom. The lowest BCUT2D eigenvalue weighted by molar-refractivity contribution is 0.0272. The topological polar surface area (TPSA) is 55.4 Å². The van der Waals surface area contributed by atoms with E-state index in [2.05, 4.69) is 4.89 Å². The molecule has 0 saturated carbocycles. The number of sulfonamides is 1. The van der Waals surface area contributed by atoms with E-state index < -0.39 is 10.0 Å². The first kappa shape index (κ1) is 12.2. The maximum atomic E-state index is 11.6. The van der Waals surface area contributed by atoms with E-state index in [0.717, 1.165) is 6.42 Å². The second kappa shape index (κ2) is 5.25. The van der Waals surface area contributed by atoms with Crippen LogP contribution in [0.3, 0.4) is 0 Å². The van der Waals surface area contributed by atoms with Crippen molar-refractivity contribution in [3.8, 4) is 0 Å². The molecule has 0 radical (unpaired) electrons. The third-order valence-electron chi connectivity index (χ3n) is 1.99. The molecule has 84 valence electrons. The first-order valence-electron chi connectivity index (χ1n) is 4.78. The van der Waals surface area contributed by atoms with E-state index in [-0.39, 0.29) is 11.0 Å². The zero-order valence-corrected chi connectivity index (χ0v) is 9.62. The van der Waals surface area contributed by atoms with E-state index in [1.165, 1.54) is 12.1 Å². The minimum atomic E-state index is -3.54. The van der Waals surface area contributed by atoms with E-state index in [4.69, 9.17) is 4.84 Å². The highest BCUT2D eigenvalue weighted by Gasteiger charge is 2.14.